The van der Waals surface area contributed by atoms with Gasteiger partial charge in [-0.25, -0.2) is 4.39 Å². The molecule has 0 amide bonds. The first-order valence-electron chi connectivity index (χ1n) is 3.16. The molecule has 0 aliphatic carbocycles. The predicted molar refractivity (Wildman–Crippen MR) is 45.7 cm³/mol. The Morgan fingerprint density at radius 1 is 1.45 bits per heavy atom. The van der Waals surface area contributed by atoms with E-state index < -0.39 is 0 Å². The highest BCUT2D eigenvalue weighted by Gasteiger charge is 2.07. The molecule has 60 valence electrons. The number of hydrogen-bond donors (Lipinski definition) is 0. The maximum absolute atomic E-state index is 13.1. The van der Waals surface area contributed by atoms with Crippen LogP contribution in [-0.2, 0) is 5.88 Å². The summed E-state index contributed by atoms with van der Waals surface area (Å²) in [6.07, 6.45) is 0. The van der Waals surface area contributed by atoms with Gasteiger partial charge in [-0.3, -0.25) is 0 Å². The summed E-state index contributed by atoms with van der Waals surface area (Å²) >= 11 is 11.2. The van der Waals surface area contributed by atoms with Crippen molar-refractivity contribution in [3.8, 4) is 0 Å². The lowest BCUT2D eigenvalue weighted by Crippen LogP contribution is -1.90. The number of rotatable bonds is 1. The summed E-state index contributed by atoms with van der Waals surface area (Å²) in [5, 5.41) is 0.392. The third kappa shape index (κ3) is 1.66. The van der Waals surface area contributed by atoms with Crippen molar-refractivity contribution in [2.45, 2.75) is 12.8 Å². The number of benzene rings is 1. The monoisotopic (exact) mass is 192 g/mol. The van der Waals surface area contributed by atoms with Crippen molar-refractivity contribution >= 4 is 23.2 Å². The van der Waals surface area contributed by atoms with Gasteiger partial charge in [-0.2, -0.15) is 0 Å². The number of hydrogen-bond acceptors (Lipinski definition) is 0. The minimum Gasteiger partial charge on any atom is -0.206 e. The maximum Gasteiger partial charge on any atom is 0.132 e. The van der Waals surface area contributed by atoms with Crippen LogP contribution in [0.1, 0.15) is 11.1 Å². The summed E-state index contributed by atoms with van der Waals surface area (Å²) in [7, 11) is 0. The molecular formula is C8H7Cl2F. The Morgan fingerprint density at radius 3 is 2.55 bits per heavy atom. The van der Waals surface area contributed by atoms with Gasteiger partial charge in [0.2, 0.25) is 0 Å². The largest absolute Gasteiger partial charge is 0.206 e. The van der Waals surface area contributed by atoms with E-state index in [1.807, 2.05) is 0 Å². The van der Waals surface area contributed by atoms with Crippen LogP contribution in [0.2, 0.25) is 5.02 Å². The zero-order valence-electron chi connectivity index (χ0n) is 6.00. The van der Waals surface area contributed by atoms with Crippen LogP contribution in [0, 0.1) is 12.7 Å². The summed E-state index contributed by atoms with van der Waals surface area (Å²) in [6.45, 7) is 1.68. The van der Waals surface area contributed by atoms with E-state index in [1.165, 1.54) is 0 Å². The van der Waals surface area contributed by atoms with Gasteiger partial charge in [-0.15, -0.1) is 11.6 Å². The van der Waals surface area contributed by atoms with Gasteiger partial charge in [0.15, 0.2) is 0 Å². The maximum atomic E-state index is 13.1. The van der Waals surface area contributed by atoms with E-state index in [2.05, 4.69) is 0 Å². The smallest absolute Gasteiger partial charge is 0.132 e. The lowest BCUT2D eigenvalue weighted by Gasteiger charge is -2.03. The Labute approximate surface area is 74.9 Å². The van der Waals surface area contributed by atoms with Crippen LogP contribution in [0.4, 0.5) is 4.39 Å². The molecule has 0 aliphatic rings. The Kier molecular flexibility index (Phi) is 2.74. The topological polar surface area (TPSA) is 0 Å². The summed E-state index contributed by atoms with van der Waals surface area (Å²) in [5.74, 6) is -0.181. The fraction of sp³-hybridized carbons (Fsp3) is 0.250. The normalized spacial score (nSPS) is 10.2. The highest BCUT2D eigenvalue weighted by atomic mass is 35.5. The van der Waals surface area contributed by atoms with Gasteiger partial charge in [-0.1, -0.05) is 17.7 Å². The molecule has 0 aromatic heterocycles. The summed E-state index contributed by atoms with van der Waals surface area (Å²) < 4.78 is 13.1. The Balaban J connectivity index is 3.29. The van der Waals surface area contributed by atoms with Crippen LogP contribution in [0.3, 0.4) is 0 Å². The third-order valence-electron chi connectivity index (χ3n) is 1.51. The zero-order chi connectivity index (χ0) is 8.43. The highest BCUT2D eigenvalue weighted by Crippen LogP contribution is 2.23. The van der Waals surface area contributed by atoms with Crippen molar-refractivity contribution in [1.82, 2.24) is 0 Å². The molecule has 0 bridgehead atoms. The second-order valence-electron chi connectivity index (χ2n) is 2.29. The molecule has 1 aromatic rings. The van der Waals surface area contributed by atoms with Gasteiger partial charge < -0.3 is 0 Å². The molecule has 1 rings (SSSR count). The quantitative estimate of drug-likeness (QED) is 0.598. The fourth-order valence-corrected chi connectivity index (χ4v) is 1.38. The van der Waals surface area contributed by atoms with E-state index in [9.17, 15) is 4.39 Å². The summed E-state index contributed by atoms with van der Waals surface area (Å²) in [4.78, 5) is 0. The van der Waals surface area contributed by atoms with E-state index in [-0.39, 0.29) is 11.7 Å². The van der Waals surface area contributed by atoms with Crippen LogP contribution in [0.15, 0.2) is 12.1 Å². The van der Waals surface area contributed by atoms with E-state index in [0.717, 1.165) is 0 Å². The average molecular weight is 193 g/mol. The SMILES string of the molecule is Cc1ccc(Cl)c(CCl)c1F. The van der Waals surface area contributed by atoms with Crippen LogP contribution >= 0.6 is 23.2 Å². The average Bonchev–Trinajstić information content (AvgIpc) is 1.99. The molecule has 0 saturated heterocycles. The lowest BCUT2D eigenvalue weighted by molar-refractivity contribution is 0.608. The molecular weight excluding hydrogens is 186 g/mol. The number of halogens is 3. The molecule has 1 aromatic carbocycles. The van der Waals surface area contributed by atoms with Crippen LogP contribution in [-0.4, -0.2) is 0 Å². The van der Waals surface area contributed by atoms with Gasteiger partial charge in [0.05, 0.1) is 5.88 Å². The molecule has 0 heterocycles. The van der Waals surface area contributed by atoms with Crippen LogP contribution < -0.4 is 0 Å². The first kappa shape index (κ1) is 8.82. The fourth-order valence-electron chi connectivity index (χ4n) is 0.837. The molecule has 3 heteroatoms. The number of alkyl halides is 1. The van der Waals surface area contributed by atoms with Crippen molar-refractivity contribution in [2.75, 3.05) is 0 Å². The molecule has 0 unspecified atom stereocenters. The van der Waals surface area contributed by atoms with Gasteiger partial charge in [0.25, 0.3) is 0 Å². The first-order valence-corrected chi connectivity index (χ1v) is 4.07. The summed E-state index contributed by atoms with van der Waals surface area (Å²) in [5.41, 5.74) is 0.957. The van der Waals surface area contributed by atoms with Crippen molar-refractivity contribution in [2.24, 2.45) is 0 Å². The van der Waals surface area contributed by atoms with Gasteiger partial charge in [0.1, 0.15) is 5.82 Å². The molecule has 0 nitrogen and oxygen atoms in total. The molecule has 0 radical (unpaired) electrons. The summed E-state index contributed by atoms with van der Waals surface area (Å²) in [6, 6.07) is 3.28. The van der Waals surface area contributed by atoms with Gasteiger partial charge in [-0.05, 0) is 18.6 Å². The van der Waals surface area contributed by atoms with Gasteiger partial charge >= 0.3 is 0 Å². The molecule has 0 saturated carbocycles. The Hall–Kier alpha value is -0.270. The lowest BCUT2D eigenvalue weighted by atomic mass is 10.1. The second kappa shape index (κ2) is 3.42. The minimum atomic E-state index is -0.299. The van der Waals surface area contributed by atoms with Crippen LogP contribution in [0.25, 0.3) is 0 Å². The van der Waals surface area contributed by atoms with Crippen molar-refractivity contribution in [1.29, 1.82) is 0 Å². The third-order valence-corrected chi connectivity index (χ3v) is 2.13. The minimum absolute atomic E-state index is 0.117. The Bertz CT molecular complexity index is 271. The zero-order valence-corrected chi connectivity index (χ0v) is 7.51. The van der Waals surface area contributed by atoms with Crippen molar-refractivity contribution in [3.63, 3.8) is 0 Å². The molecule has 11 heavy (non-hydrogen) atoms. The molecule has 0 fully saturated rings. The second-order valence-corrected chi connectivity index (χ2v) is 2.96. The standard InChI is InChI=1S/C8H7Cl2F/c1-5-2-3-7(10)6(4-9)8(5)11/h2-3H,4H2,1H3. The van der Waals surface area contributed by atoms with Crippen molar-refractivity contribution < 1.29 is 4.39 Å². The highest BCUT2D eigenvalue weighted by molar-refractivity contribution is 6.32. The Morgan fingerprint density at radius 2 is 2.09 bits per heavy atom. The first-order chi connectivity index (χ1) is 5.16. The number of aryl methyl sites for hydroxylation is 1. The predicted octanol–water partition coefficient (Wildman–Crippen LogP) is 3.53. The van der Waals surface area contributed by atoms with E-state index in [0.29, 0.717) is 16.1 Å². The van der Waals surface area contributed by atoms with E-state index in [4.69, 9.17) is 23.2 Å². The van der Waals surface area contributed by atoms with E-state index >= 15 is 0 Å². The molecule has 0 atom stereocenters. The molecule has 0 spiro atoms. The van der Waals surface area contributed by atoms with Crippen LogP contribution in [0.5, 0.6) is 0 Å². The molecule has 0 aliphatic heterocycles. The van der Waals surface area contributed by atoms with E-state index in [1.54, 1.807) is 19.1 Å². The van der Waals surface area contributed by atoms with Gasteiger partial charge in [0, 0.05) is 10.6 Å². The van der Waals surface area contributed by atoms with Crippen molar-refractivity contribution in [3.05, 3.63) is 34.1 Å². The molecule has 0 N–H and O–H groups in total.